The van der Waals surface area contributed by atoms with Gasteiger partial charge >= 0.3 is 0 Å². The summed E-state index contributed by atoms with van der Waals surface area (Å²) in [5, 5.41) is 0. The Balaban J connectivity index is 2.67. The van der Waals surface area contributed by atoms with Gasteiger partial charge in [0.15, 0.2) is 0 Å². The summed E-state index contributed by atoms with van der Waals surface area (Å²) in [4.78, 5) is 0. The fourth-order valence-corrected chi connectivity index (χ4v) is 1.84. The molecular formula is C11H22O. The normalized spacial score (nSPS) is 33.0. The van der Waals surface area contributed by atoms with Crippen LogP contribution in [0.3, 0.4) is 0 Å². The average Bonchev–Trinajstić information content (AvgIpc) is 2.12. The van der Waals surface area contributed by atoms with Crippen molar-refractivity contribution >= 4 is 0 Å². The molecule has 0 aliphatic carbocycles. The Morgan fingerprint density at radius 3 is 2.33 bits per heavy atom. The number of hydrogen-bond acceptors (Lipinski definition) is 1. The van der Waals surface area contributed by atoms with Crippen molar-refractivity contribution in [2.45, 2.75) is 47.0 Å². The Labute approximate surface area is 76.5 Å². The van der Waals surface area contributed by atoms with Crippen LogP contribution < -0.4 is 0 Å². The zero-order valence-corrected chi connectivity index (χ0v) is 8.94. The van der Waals surface area contributed by atoms with Crippen molar-refractivity contribution < 1.29 is 4.74 Å². The third-order valence-corrected chi connectivity index (χ3v) is 3.63. The monoisotopic (exact) mass is 170 g/mol. The molecule has 1 atom stereocenters. The van der Waals surface area contributed by atoms with Gasteiger partial charge in [0.05, 0.1) is 0 Å². The Hall–Kier alpha value is -0.0400. The molecule has 0 saturated carbocycles. The second-order valence-corrected chi connectivity index (χ2v) is 5.28. The average molecular weight is 170 g/mol. The van der Waals surface area contributed by atoms with E-state index in [0.29, 0.717) is 10.8 Å². The molecule has 1 heteroatoms. The minimum absolute atomic E-state index is 0.417. The van der Waals surface area contributed by atoms with Crippen LogP contribution in [0.1, 0.15) is 47.0 Å². The van der Waals surface area contributed by atoms with Crippen molar-refractivity contribution in [1.29, 1.82) is 0 Å². The molecule has 0 aromatic heterocycles. The van der Waals surface area contributed by atoms with E-state index in [9.17, 15) is 0 Å². The molecule has 1 heterocycles. The standard InChI is InChI=1S/C11H22O/c1-10(2,3)11(4)6-5-8-12-9-7-11/h5-9H2,1-4H3. The molecule has 1 saturated heterocycles. The van der Waals surface area contributed by atoms with Gasteiger partial charge in [0.2, 0.25) is 0 Å². The molecule has 0 aromatic carbocycles. The first kappa shape index (κ1) is 10.0. The molecule has 0 spiro atoms. The Morgan fingerprint density at radius 2 is 1.75 bits per heavy atom. The summed E-state index contributed by atoms with van der Waals surface area (Å²) in [6, 6.07) is 0. The molecule has 1 nitrogen and oxygen atoms in total. The predicted molar refractivity (Wildman–Crippen MR) is 52.2 cm³/mol. The Bertz CT molecular complexity index is 136. The van der Waals surface area contributed by atoms with E-state index in [-0.39, 0.29) is 0 Å². The minimum atomic E-state index is 0.417. The van der Waals surface area contributed by atoms with Gasteiger partial charge in [-0.25, -0.2) is 0 Å². The Kier molecular flexibility index (Phi) is 2.82. The van der Waals surface area contributed by atoms with Crippen molar-refractivity contribution in [2.75, 3.05) is 13.2 Å². The van der Waals surface area contributed by atoms with Crippen LogP contribution in [0.15, 0.2) is 0 Å². The summed E-state index contributed by atoms with van der Waals surface area (Å²) in [5.74, 6) is 0. The van der Waals surface area contributed by atoms with Gasteiger partial charge in [-0.3, -0.25) is 0 Å². The predicted octanol–water partition coefficient (Wildman–Crippen LogP) is 3.24. The molecule has 12 heavy (non-hydrogen) atoms. The van der Waals surface area contributed by atoms with E-state index in [1.54, 1.807) is 0 Å². The van der Waals surface area contributed by atoms with Crippen molar-refractivity contribution in [3.8, 4) is 0 Å². The highest BCUT2D eigenvalue weighted by atomic mass is 16.5. The van der Waals surface area contributed by atoms with Gasteiger partial charge < -0.3 is 4.74 Å². The minimum Gasteiger partial charge on any atom is -0.381 e. The van der Waals surface area contributed by atoms with Gasteiger partial charge in [0.1, 0.15) is 0 Å². The topological polar surface area (TPSA) is 9.23 Å². The van der Waals surface area contributed by atoms with E-state index in [2.05, 4.69) is 27.7 Å². The third kappa shape index (κ3) is 2.01. The highest BCUT2D eigenvalue weighted by Crippen LogP contribution is 2.45. The summed E-state index contributed by atoms with van der Waals surface area (Å²) in [7, 11) is 0. The van der Waals surface area contributed by atoms with Gasteiger partial charge in [0.25, 0.3) is 0 Å². The molecule has 1 aliphatic rings. The van der Waals surface area contributed by atoms with E-state index in [1.807, 2.05) is 0 Å². The molecule has 0 aromatic rings. The summed E-state index contributed by atoms with van der Waals surface area (Å²) in [5.41, 5.74) is 0.893. The highest BCUT2D eigenvalue weighted by molar-refractivity contribution is 4.87. The molecule has 0 radical (unpaired) electrons. The van der Waals surface area contributed by atoms with Crippen LogP contribution in [0.4, 0.5) is 0 Å². The fraction of sp³-hybridized carbons (Fsp3) is 1.00. The van der Waals surface area contributed by atoms with Crippen LogP contribution in [0.25, 0.3) is 0 Å². The summed E-state index contributed by atoms with van der Waals surface area (Å²) < 4.78 is 5.49. The number of rotatable bonds is 0. The largest absolute Gasteiger partial charge is 0.381 e. The Morgan fingerprint density at radius 1 is 1.08 bits per heavy atom. The van der Waals surface area contributed by atoms with Gasteiger partial charge in [0, 0.05) is 13.2 Å². The second kappa shape index (κ2) is 3.37. The zero-order chi connectivity index (χ0) is 9.24. The second-order valence-electron chi connectivity index (χ2n) is 5.28. The molecule has 0 N–H and O–H groups in total. The molecule has 0 amide bonds. The van der Waals surface area contributed by atoms with E-state index in [4.69, 9.17) is 4.74 Å². The fourth-order valence-electron chi connectivity index (χ4n) is 1.84. The highest BCUT2D eigenvalue weighted by Gasteiger charge is 2.37. The molecule has 1 rings (SSSR count). The van der Waals surface area contributed by atoms with E-state index in [1.165, 1.54) is 19.3 Å². The maximum atomic E-state index is 5.49. The first-order chi connectivity index (χ1) is 5.46. The zero-order valence-electron chi connectivity index (χ0n) is 8.94. The first-order valence-electron chi connectivity index (χ1n) is 5.03. The molecule has 1 aliphatic heterocycles. The van der Waals surface area contributed by atoms with Crippen molar-refractivity contribution in [2.24, 2.45) is 10.8 Å². The first-order valence-corrected chi connectivity index (χ1v) is 5.03. The maximum Gasteiger partial charge on any atom is 0.0471 e. The number of ether oxygens (including phenoxy) is 1. The van der Waals surface area contributed by atoms with Crippen molar-refractivity contribution in [3.63, 3.8) is 0 Å². The van der Waals surface area contributed by atoms with Crippen LogP contribution in [0.2, 0.25) is 0 Å². The van der Waals surface area contributed by atoms with Gasteiger partial charge in [-0.15, -0.1) is 0 Å². The van der Waals surface area contributed by atoms with E-state index >= 15 is 0 Å². The van der Waals surface area contributed by atoms with Crippen LogP contribution >= 0.6 is 0 Å². The van der Waals surface area contributed by atoms with Crippen LogP contribution in [-0.4, -0.2) is 13.2 Å². The molecular weight excluding hydrogens is 148 g/mol. The summed E-state index contributed by atoms with van der Waals surface area (Å²) >= 11 is 0. The molecule has 72 valence electrons. The molecule has 1 unspecified atom stereocenters. The lowest BCUT2D eigenvalue weighted by molar-refractivity contribution is 0.0719. The molecule has 0 bridgehead atoms. The van der Waals surface area contributed by atoms with Crippen LogP contribution in [0, 0.1) is 10.8 Å². The van der Waals surface area contributed by atoms with Crippen molar-refractivity contribution in [3.05, 3.63) is 0 Å². The smallest absolute Gasteiger partial charge is 0.0471 e. The number of hydrogen-bond donors (Lipinski definition) is 0. The summed E-state index contributed by atoms with van der Waals surface area (Å²) in [6.07, 6.45) is 3.76. The lowest BCUT2D eigenvalue weighted by Crippen LogP contribution is -2.32. The van der Waals surface area contributed by atoms with Gasteiger partial charge in [-0.2, -0.15) is 0 Å². The lowest BCUT2D eigenvalue weighted by atomic mass is 9.64. The molecule has 1 fully saturated rings. The third-order valence-electron chi connectivity index (χ3n) is 3.63. The van der Waals surface area contributed by atoms with E-state index in [0.717, 1.165) is 13.2 Å². The van der Waals surface area contributed by atoms with Gasteiger partial charge in [-0.1, -0.05) is 27.7 Å². The van der Waals surface area contributed by atoms with Crippen molar-refractivity contribution in [1.82, 2.24) is 0 Å². The maximum absolute atomic E-state index is 5.49. The van der Waals surface area contributed by atoms with Crippen LogP contribution in [-0.2, 0) is 4.74 Å². The summed E-state index contributed by atoms with van der Waals surface area (Å²) in [6.45, 7) is 11.4. The van der Waals surface area contributed by atoms with E-state index < -0.39 is 0 Å². The van der Waals surface area contributed by atoms with Crippen LogP contribution in [0.5, 0.6) is 0 Å². The lowest BCUT2D eigenvalue weighted by Gasteiger charge is -2.41. The SMILES string of the molecule is CC(C)(C)C1(C)CCCOCC1. The quantitative estimate of drug-likeness (QED) is 0.542. The van der Waals surface area contributed by atoms with Gasteiger partial charge in [-0.05, 0) is 30.1 Å².